The third-order valence-corrected chi connectivity index (χ3v) is 3.57. The molecule has 0 heterocycles. The number of rotatable bonds is 6. The van der Waals surface area contributed by atoms with Crippen molar-refractivity contribution in [1.82, 2.24) is 0 Å². The van der Waals surface area contributed by atoms with Gasteiger partial charge in [-0.25, -0.2) is 0 Å². The molecule has 0 atom stereocenters. The largest absolute Gasteiger partial charge is 0.326 e. The van der Waals surface area contributed by atoms with E-state index in [4.69, 9.17) is 5.73 Å². The molecule has 2 N–H and O–H groups in total. The molecule has 0 bridgehead atoms. The number of aryl methyl sites for hydroxylation is 1. The molecule has 0 radical (unpaired) electrons. The highest BCUT2D eigenvalue weighted by molar-refractivity contribution is 5.93. The highest BCUT2D eigenvalue weighted by Crippen LogP contribution is 2.17. The first-order valence-electron chi connectivity index (χ1n) is 7.38. The van der Waals surface area contributed by atoms with Crippen LogP contribution >= 0.6 is 0 Å². The third-order valence-electron chi connectivity index (χ3n) is 3.57. The second-order valence-electron chi connectivity index (χ2n) is 4.99. The Balaban J connectivity index is 2.00. The molecule has 2 rings (SSSR count). The van der Waals surface area contributed by atoms with Crippen LogP contribution in [-0.2, 0) is 17.8 Å². The molecule has 0 unspecified atom stereocenters. The van der Waals surface area contributed by atoms with Gasteiger partial charge in [-0.05, 0) is 36.6 Å². The number of hydrogen-bond acceptors (Lipinski definition) is 2. The number of amides is 1. The Morgan fingerprint density at radius 1 is 1.00 bits per heavy atom. The normalized spacial score (nSPS) is 10.4. The van der Waals surface area contributed by atoms with Crippen LogP contribution in [0.4, 0.5) is 5.69 Å². The summed E-state index contributed by atoms with van der Waals surface area (Å²) in [4.78, 5) is 14.2. The molecule has 2 aromatic rings. The number of carbonyl (C=O) groups excluding carboxylic acids is 1. The maximum atomic E-state index is 12.4. The van der Waals surface area contributed by atoms with Gasteiger partial charge in [0, 0.05) is 25.2 Å². The molecular formula is C18H22N2O. The Bertz CT molecular complexity index is 564. The number of nitrogens with zero attached hydrogens (tertiary/aromatic N) is 1. The van der Waals surface area contributed by atoms with Crippen LogP contribution < -0.4 is 10.6 Å². The fraction of sp³-hybridized carbons (Fsp3) is 0.278. The molecule has 0 saturated heterocycles. The zero-order valence-corrected chi connectivity index (χ0v) is 12.5. The van der Waals surface area contributed by atoms with E-state index in [1.807, 2.05) is 54.3 Å². The van der Waals surface area contributed by atoms with Gasteiger partial charge in [-0.2, -0.15) is 0 Å². The van der Waals surface area contributed by atoms with Crippen molar-refractivity contribution in [2.24, 2.45) is 5.73 Å². The van der Waals surface area contributed by atoms with Crippen LogP contribution in [0.2, 0.25) is 0 Å². The smallest absolute Gasteiger partial charge is 0.227 e. The minimum Gasteiger partial charge on any atom is -0.326 e. The molecule has 0 aliphatic carbocycles. The van der Waals surface area contributed by atoms with E-state index in [-0.39, 0.29) is 5.91 Å². The standard InChI is InChI=1S/C18H22N2O/c1-2-20(17-11-8-16(14-19)9-12-17)18(21)13-10-15-6-4-3-5-7-15/h3-9,11-12H,2,10,13-14,19H2,1H3. The minimum atomic E-state index is 0.154. The van der Waals surface area contributed by atoms with Crippen molar-refractivity contribution < 1.29 is 4.79 Å². The molecule has 0 aromatic heterocycles. The van der Waals surface area contributed by atoms with Crippen LogP contribution in [0, 0.1) is 0 Å². The van der Waals surface area contributed by atoms with E-state index in [0.29, 0.717) is 19.5 Å². The van der Waals surface area contributed by atoms with Crippen molar-refractivity contribution in [3.8, 4) is 0 Å². The predicted octanol–water partition coefficient (Wildman–Crippen LogP) is 3.13. The zero-order valence-electron chi connectivity index (χ0n) is 12.5. The van der Waals surface area contributed by atoms with E-state index in [0.717, 1.165) is 17.7 Å². The van der Waals surface area contributed by atoms with Crippen molar-refractivity contribution in [1.29, 1.82) is 0 Å². The van der Waals surface area contributed by atoms with Crippen LogP contribution in [0.3, 0.4) is 0 Å². The van der Waals surface area contributed by atoms with Crippen LogP contribution in [0.5, 0.6) is 0 Å². The van der Waals surface area contributed by atoms with E-state index in [2.05, 4.69) is 12.1 Å². The fourth-order valence-corrected chi connectivity index (χ4v) is 2.35. The van der Waals surface area contributed by atoms with E-state index in [1.165, 1.54) is 5.56 Å². The van der Waals surface area contributed by atoms with E-state index in [9.17, 15) is 4.79 Å². The van der Waals surface area contributed by atoms with E-state index >= 15 is 0 Å². The summed E-state index contributed by atoms with van der Waals surface area (Å²) in [5.74, 6) is 0.154. The highest BCUT2D eigenvalue weighted by atomic mass is 16.2. The molecule has 0 aliphatic heterocycles. The summed E-state index contributed by atoms with van der Waals surface area (Å²) in [6.07, 6.45) is 1.30. The Labute approximate surface area is 126 Å². The molecular weight excluding hydrogens is 260 g/mol. The Morgan fingerprint density at radius 2 is 1.67 bits per heavy atom. The molecule has 3 nitrogen and oxygen atoms in total. The van der Waals surface area contributed by atoms with E-state index in [1.54, 1.807) is 0 Å². The van der Waals surface area contributed by atoms with Gasteiger partial charge in [-0.3, -0.25) is 4.79 Å². The third kappa shape index (κ3) is 4.17. The highest BCUT2D eigenvalue weighted by Gasteiger charge is 2.13. The van der Waals surface area contributed by atoms with Crippen molar-refractivity contribution >= 4 is 11.6 Å². The fourth-order valence-electron chi connectivity index (χ4n) is 2.35. The first-order valence-corrected chi connectivity index (χ1v) is 7.38. The Kier molecular flexibility index (Phi) is 5.52. The molecule has 110 valence electrons. The Morgan fingerprint density at radius 3 is 2.24 bits per heavy atom. The lowest BCUT2D eigenvalue weighted by Crippen LogP contribution is -2.30. The molecule has 21 heavy (non-hydrogen) atoms. The second kappa shape index (κ2) is 7.60. The van der Waals surface area contributed by atoms with Crippen LogP contribution in [0.15, 0.2) is 54.6 Å². The van der Waals surface area contributed by atoms with Gasteiger partial charge in [-0.15, -0.1) is 0 Å². The van der Waals surface area contributed by atoms with Gasteiger partial charge in [0.15, 0.2) is 0 Å². The average Bonchev–Trinajstić information content (AvgIpc) is 2.55. The van der Waals surface area contributed by atoms with Crippen LogP contribution in [-0.4, -0.2) is 12.5 Å². The summed E-state index contributed by atoms with van der Waals surface area (Å²) < 4.78 is 0. The molecule has 0 spiro atoms. The van der Waals surface area contributed by atoms with Crippen molar-refractivity contribution in [2.45, 2.75) is 26.3 Å². The number of nitrogens with two attached hydrogens (primary N) is 1. The lowest BCUT2D eigenvalue weighted by atomic mass is 10.1. The first-order chi connectivity index (χ1) is 10.2. The van der Waals surface area contributed by atoms with Crippen molar-refractivity contribution in [2.75, 3.05) is 11.4 Å². The molecule has 0 fully saturated rings. The second-order valence-corrected chi connectivity index (χ2v) is 4.99. The Hall–Kier alpha value is -2.13. The monoisotopic (exact) mass is 282 g/mol. The number of hydrogen-bond donors (Lipinski definition) is 1. The average molecular weight is 282 g/mol. The summed E-state index contributed by atoms with van der Waals surface area (Å²) in [6, 6.07) is 18.0. The maximum Gasteiger partial charge on any atom is 0.227 e. The lowest BCUT2D eigenvalue weighted by molar-refractivity contribution is -0.118. The van der Waals surface area contributed by atoms with Gasteiger partial charge in [0.25, 0.3) is 0 Å². The predicted molar refractivity (Wildman–Crippen MR) is 87.1 cm³/mol. The molecule has 2 aromatic carbocycles. The molecule has 3 heteroatoms. The van der Waals surface area contributed by atoms with Gasteiger partial charge < -0.3 is 10.6 Å². The topological polar surface area (TPSA) is 46.3 Å². The first kappa shape index (κ1) is 15.3. The number of carbonyl (C=O) groups is 1. The van der Waals surface area contributed by atoms with Crippen molar-refractivity contribution in [3.05, 3.63) is 65.7 Å². The lowest BCUT2D eigenvalue weighted by Gasteiger charge is -2.21. The summed E-state index contributed by atoms with van der Waals surface area (Å²) in [6.45, 7) is 3.20. The summed E-state index contributed by atoms with van der Waals surface area (Å²) in [5, 5.41) is 0. The van der Waals surface area contributed by atoms with Crippen LogP contribution in [0.25, 0.3) is 0 Å². The quantitative estimate of drug-likeness (QED) is 0.884. The summed E-state index contributed by atoms with van der Waals surface area (Å²) in [5.41, 5.74) is 8.81. The maximum absolute atomic E-state index is 12.4. The molecule has 0 aliphatic rings. The van der Waals surface area contributed by atoms with Gasteiger partial charge in [0.05, 0.1) is 0 Å². The van der Waals surface area contributed by atoms with E-state index < -0.39 is 0 Å². The van der Waals surface area contributed by atoms with Gasteiger partial charge in [0.2, 0.25) is 5.91 Å². The van der Waals surface area contributed by atoms with Crippen LogP contribution in [0.1, 0.15) is 24.5 Å². The van der Waals surface area contributed by atoms with Gasteiger partial charge >= 0.3 is 0 Å². The molecule has 1 amide bonds. The van der Waals surface area contributed by atoms with Crippen molar-refractivity contribution in [3.63, 3.8) is 0 Å². The summed E-state index contributed by atoms with van der Waals surface area (Å²) >= 11 is 0. The van der Waals surface area contributed by atoms with Gasteiger partial charge in [-0.1, -0.05) is 42.5 Å². The van der Waals surface area contributed by atoms with Gasteiger partial charge in [0.1, 0.15) is 0 Å². The zero-order chi connectivity index (χ0) is 15.1. The minimum absolute atomic E-state index is 0.154. The summed E-state index contributed by atoms with van der Waals surface area (Å²) in [7, 11) is 0. The number of benzene rings is 2. The SMILES string of the molecule is CCN(C(=O)CCc1ccccc1)c1ccc(CN)cc1. The molecule has 0 saturated carbocycles. The number of anilines is 1.